The van der Waals surface area contributed by atoms with Crippen molar-refractivity contribution in [1.82, 2.24) is 0 Å². The molecule has 1 aromatic rings. The molecule has 5 heteroatoms. The van der Waals surface area contributed by atoms with Gasteiger partial charge in [-0.1, -0.05) is 24.2 Å². The van der Waals surface area contributed by atoms with E-state index in [2.05, 4.69) is 5.16 Å². The molecule has 0 saturated heterocycles. The molecular formula is C12H18N2O2S. The minimum atomic E-state index is 0.121. The van der Waals surface area contributed by atoms with E-state index in [0.717, 1.165) is 11.3 Å². The van der Waals surface area contributed by atoms with Crippen LogP contribution in [0, 0.1) is 6.92 Å². The van der Waals surface area contributed by atoms with Gasteiger partial charge in [-0.15, -0.1) is 0 Å². The maximum absolute atomic E-state index is 8.95. The molecule has 1 aromatic carbocycles. The lowest BCUT2D eigenvalue weighted by Gasteiger charge is -2.10. The third kappa shape index (κ3) is 3.94. The number of aryl methyl sites for hydroxylation is 1. The number of hydrogen-bond acceptors (Lipinski definition) is 4. The molecule has 0 heterocycles. The van der Waals surface area contributed by atoms with Gasteiger partial charge in [0.1, 0.15) is 0 Å². The molecule has 1 atom stereocenters. The average molecular weight is 254 g/mol. The molecule has 1 rings (SSSR count). The fraction of sp³-hybridized carbons (Fsp3) is 0.417. The normalized spacial score (nSPS) is 13.7. The number of hydrogen-bond donors (Lipinski definition) is 3. The first-order valence-electron chi connectivity index (χ1n) is 5.38. The Balaban J connectivity index is 2.76. The van der Waals surface area contributed by atoms with Crippen LogP contribution in [0.5, 0.6) is 0 Å². The number of aliphatic hydroxyl groups is 1. The summed E-state index contributed by atoms with van der Waals surface area (Å²) in [6, 6.07) is 5.70. The maximum atomic E-state index is 8.95. The summed E-state index contributed by atoms with van der Waals surface area (Å²) >= 11 is 1.70. The molecule has 4 nitrogen and oxygen atoms in total. The van der Waals surface area contributed by atoms with Gasteiger partial charge >= 0.3 is 0 Å². The summed E-state index contributed by atoms with van der Waals surface area (Å²) in [7, 11) is 0. The summed E-state index contributed by atoms with van der Waals surface area (Å²) in [5, 5.41) is 20.7. The molecule has 0 aliphatic heterocycles. The molecule has 0 fully saturated rings. The van der Waals surface area contributed by atoms with Gasteiger partial charge in [-0.05, 0) is 24.1 Å². The van der Waals surface area contributed by atoms with Crippen LogP contribution in [0.15, 0.2) is 23.4 Å². The van der Waals surface area contributed by atoms with Crippen molar-refractivity contribution < 1.29 is 10.3 Å². The monoisotopic (exact) mass is 254 g/mol. The van der Waals surface area contributed by atoms with Gasteiger partial charge in [0.15, 0.2) is 5.84 Å². The second-order valence-corrected chi connectivity index (χ2v) is 5.36. The van der Waals surface area contributed by atoms with E-state index in [-0.39, 0.29) is 17.7 Å². The Morgan fingerprint density at radius 1 is 1.53 bits per heavy atom. The first kappa shape index (κ1) is 13.9. The van der Waals surface area contributed by atoms with E-state index in [1.807, 2.05) is 32.0 Å². The predicted molar refractivity (Wildman–Crippen MR) is 71.5 cm³/mol. The fourth-order valence-corrected chi connectivity index (χ4v) is 2.25. The number of aliphatic hydroxyl groups excluding tert-OH is 1. The van der Waals surface area contributed by atoms with Crippen LogP contribution in [0.4, 0.5) is 0 Å². The minimum absolute atomic E-state index is 0.121. The van der Waals surface area contributed by atoms with Crippen molar-refractivity contribution in [3.8, 4) is 0 Å². The van der Waals surface area contributed by atoms with E-state index in [1.165, 1.54) is 5.56 Å². The lowest BCUT2D eigenvalue weighted by atomic mass is 10.1. The Kier molecular flexibility index (Phi) is 5.31. The van der Waals surface area contributed by atoms with Gasteiger partial charge in [-0.25, -0.2) is 0 Å². The molecule has 0 amide bonds. The van der Waals surface area contributed by atoms with Crippen molar-refractivity contribution in [3.05, 3.63) is 34.9 Å². The zero-order valence-corrected chi connectivity index (χ0v) is 10.9. The van der Waals surface area contributed by atoms with E-state index in [9.17, 15) is 0 Å². The van der Waals surface area contributed by atoms with Gasteiger partial charge in [0.2, 0.25) is 0 Å². The summed E-state index contributed by atoms with van der Waals surface area (Å²) in [5.41, 5.74) is 8.54. The summed E-state index contributed by atoms with van der Waals surface area (Å²) < 4.78 is 0. The molecule has 0 aromatic heterocycles. The lowest BCUT2D eigenvalue weighted by molar-refractivity contribution is 0.300. The Hall–Kier alpha value is -1.20. The summed E-state index contributed by atoms with van der Waals surface area (Å²) in [5.74, 6) is 0.973. The van der Waals surface area contributed by atoms with Crippen molar-refractivity contribution in [2.45, 2.75) is 24.9 Å². The smallest absolute Gasteiger partial charge is 0.170 e. The van der Waals surface area contributed by atoms with Crippen LogP contribution in [0.2, 0.25) is 0 Å². The predicted octanol–water partition coefficient (Wildman–Crippen LogP) is 1.70. The van der Waals surface area contributed by atoms with E-state index in [0.29, 0.717) is 5.56 Å². The zero-order valence-electron chi connectivity index (χ0n) is 10.1. The van der Waals surface area contributed by atoms with Gasteiger partial charge in [0.05, 0.1) is 6.61 Å². The molecule has 0 bridgehead atoms. The maximum Gasteiger partial charge on any atom is 0.170 e. The Morgan fingerprint density at radius 3 is 2.76 bits per heavy atom. The average Bonchev–Trinajstić information content (AvgIpc) is 2.35. The zero-order chi connectivity index (χ0) is 12.8. The largest absolute Gasteiger partial charge is 0.409 e. The van der Waals surface area contributed by atoms with Crippen molar-refractivity contribution >= 4 is 17.6 Å². The number of amidine groups is 1. The van der Waals surface area contributed by atoms with Crippen molar-refractivity contribution in [2.75, 3.05) is 6.61 Å². The van der Waals surface area contributed by atoms with Crippen molar-refractivity contribution in [2.24, 2.45) is 10.9 Å². The first-order valence-corrected chi connectivity index (χ1v) is 6.43. The Morgan fingerprint density at radius 2 is 2.24 bits per heavy atom. The second-order valence-electron chi connectivity index (χ2n) is 3.93. The molecule has 17 heavy (non-hydrogen) atoms. The molecule has 1 unspecified atom stereocenters. The van der Waals surface area contributed by atoms with Gasteiger partial charge in [-0.2, -0.15) is 11.8 Å². The van der Waals surface area contributed by atoms with Crippen molar-refractivity contribution in [3.63, 3.8) is 0 Å². The van der Waals surface area contributed by atoms with Crippen LogP contribution in [0.25, 0.3) is 0 Å². The van der Waals surface area contributed by atoms with Crippen LogP contribution in [-0.2, 0) is 5.75 Å². The molecule has 0 radical (unpaired) electrons. The SMILES string of the molecule is Cc1cc(/C(N)=N/O)ccc1CSC(C)CO. The minimum Gasteiger partial charge on any atom is -0.409 e. The third-order valence-corrected chi connectivity index (χ3v) is 3.72. The highest BCUT2D eigenvalue weighted by Crippen LogP contribution is 2.20. The van der Waals surface area contributed by atoms with Crippen LogP contribution >= 0.6 is 11.8 Å². The highest BCUT2D eigenvalue weighted by molar-refractivity contribution is 7.99. The van der Waals surface area contributed by atoms with E-state index >= 15 is 0 Å². The number of nitrogens with two attached hydrogens (primary N) is 1. The van der Waals surface area contributed by atoms with Crippen LogP contribution in [-0.4, -0.2) is 28.0 Å². The molecule has 0 aliphatic rings. The number of oxime groups is 1. The second kappa shape index (κ2) is 6.51. The lowest BCUT2D eigenvalue weighted by Crippen LogP contribution is -2.13. The van der Waals surface area contributed by atoms with Gasteiger partial charge in [-0.3, -0.25) is 0 Å². The topological polar surface area (TPSA) is 78.8 Å². The van der Waals surface area contributed by atoms with Crippen molar-refractivity contribution in [1.29, 1.82) is 0 Å². The van der Waals surface area contributed by atoms with E-state index < -0.39 is 0 Å². The number of benzene rings is 1. The van der Waals surface area contributed by atoms with Crippen LogP contribution in [0.1, 0.15) is 23.6 Å². The molecule has 94 valence electrons. The third-order valence-electron chi connectivity index (χ3n) is 2.53. The number of rotatable bonds is 5. The molecule has 0 spiro atoms. The molecular weight excluding hydrogens is 236 g/mol. The quantitative estimate of drug-likeness (QED) is 0.323. The van der Waals surface area contributed by atoms with Crippen LogP contribution < -0.4 is 5.73 Å². The van der Waals surface area contributed by atoms with E-state index in [1.54, 1.807) is 11.8 Å². The fourth-order valence-electron chi connectivity index (χ4n) is 1.36. The summed E-state index contributed by atoms with van der Waals surface area (Å²) in [6.07, 6.45) is 0. The van der Waals surface area contributed by atoms with Gasteiger partial charge in [0, 0.05) is 16.6 Å². The Labute approximate surface area is 106 Å². The first-order chi connectivity index (χ1) is 8.08. The van der Waals surface area contributed by atoms with E-state index in [4.69, 9.17) is 16.0 Å². The summed E-state index contributed by atoms with van der Waals surface area (Å²) in [4.78, 5) is 0. The standard InChI is InChI=1S/C12H18N2O2S/c1-8-5-10(12(13)14-16)3-4-11(8)7-17-9(2)6-15/h3-5,9,15-16H,6-7H2,1-2H3,(H2,13,14). The number of nitrogens with zero attached hydrogens (tertiary/aromatic N) is 1. The highest BCUT2D eigenvalue weighted by atomic mass is 32.2. The summed E-state index contributed by atoms with van der Waals surface area (Å²) in [6.45, 7) is 4.17. The van der Waals surface area contributed by atoms with Crippen LogP contribution in [0.3, 0.4) is 0 Å². The van der Waals surface area contributed by atoms with Gasteiger partial charge < -0.3 is 16.0 Å². The Bertz CT molecular complexity index is 407. The molecule has 4 N–H and O–H groups in total. The number of thioether (sulfide) groups is 1. The highest BCUT2D eigenvalue weighted by Gasteiger charge is 2.06. The molecule has 0 saturated carbocycles. The van der Waals surface area contributed by atoms with Gasteiger partial charge in [0.25, 0.3) is 0 Å². The molecule has 0 aliphatic carbocycles.